The van der Waals surface area contributed by atoms with Crippen molar-refractivity contribution in [1.82, 2.24) is 0 Å². The third kappa shape index (κ3) is 2.70. The van der Waals surface area contributed by atoms with E-state index in [9.17, 15) is 0 Å². The van der Waals surface area contributed by atoms with E-state index in [1.54, 1.807) is 0 Å². The van der Waals surface area contributed by atoms with Gasteiger partial charge in [0.05, 0.1) is 0 Å². The second-order valence-corrected chi connectivity index (χ2v) is 5.37. The van der Waals surface area contributed by atoms with Gasteiger partial charge in [-0.05, 0) is 37.0 Å². The van der Waals surface area contributed by atoms with E-state index in [0.717, 1.165) is 17.8 Å². The zero-order valence-electron chi connectivity index (χ0n) is 8.84. The lowest BCUT2D eigenvalue weighted by Gasteiger charge is -2.31. The van der Waals surface area contributed by atoms with Crippen molar-refractivity contribution in [1.29, 1.82) is 0 Å². The van der Waals surface area contributed by atoms with Gasteiger partial charge in [0.15, 0.2) is 0 Å². The highest BCUT2D eigenvalue weighted by atomic mass is 14.7. The molecule has 1 nitrogen and oxygen atoms in total. The molecular weight excluding hydrogens is 158 g/mol. The van der Waals surface area contributed by atoms with Crippen molar-refractivity contribution in [2.45, 2.75) is 57.9 Å². The van der Waals surface area contributed by atoms with Crippen molar-refractivity contribution < 1.29 is 0 Å². The number of nitrogens with two attached hydrogens (primary N) is 1. The van der Waals surface area contributed by atoms with Crippen LogP contribution >= 0.6 is 0 Å². The smallest absolute Gasteiger partial charge is 0.00698 e. The van der Waals surface area contributed by atoms with Gasteiger partial charge < -0.3 is 5.73 Å². The molecule has 0 heterocycles. The Hall–Kier alpha value is -0.0400. The Morgan fingerprint density at radius 2 is 2.00 bits per heavy atom. The van der Waals surface area contributed by atoms with Crippen molar-refractivity contribution >= 4 is 0 Å². The summed E-state index contributed by atoms with van der Waals surface area (Å²) in [6.45, 7) is 2.38. The summed E-state index contributed by atoms with van der Waals surface area (Å²) in [4.78, 5) is 0. The molecule has 3 unspecified atom stereocenters. The van der Waals surface area contributed by atoms with E-state index in [4.69, 9.17) is 5.73 Å². The molecule has 0 aromatic heterocycles. The van der Waals surface area contributed by atoms with Crippen LogP contribution in [0.2, 0.25) is 0 Å². The van der Waals surface area contributed by atoms with E-state index < -0.39 is 0 Å². The standard InChI is InChI=1S/C12H23N/c1-9-3-2-4-11(7-9)12(13)8-10-5-6-10/h9-12H,2-8,13H2,1H3. The zero-order chi connectivity index (χ0) is 9.26. The molecule has 2 fully saturated rings. The van der Waals surface area contributed by atoms with Crippen LogP contribution in [0.5, 0.6) is 0 Å². The van der Waals surface area contributed by atoms with Crippen LogP contribution in [0.1, 0.15) is 51.9 Å². The summed E-state index contributed by atoms with van der Waals surface area (Å²) in [6, 6.07) is 0.523. The lowest BCUT2D eigenvalue weighted by atomic mass is 9.77. The van der Waals surface area contributed by atoms with Gasteiger partial charge in [-0.25, -0.2) is 0 Å². The minimum Gasteiger partial charge on any atom is -0.327 e. The summed E-state index contributed by atoms with van der Waals surface area (Å²) in [5, 5.41) is 0. The van der Waals surface area contributed by atoms with Crippen molar-refractivity contribution in [3.05, 3.63) is 0 Å². The molecule has 1 heteroatoms. The van der Waals surface area contributed by atoms with Gasteiger partial charge in [-0.1, -0.05) is 32.6 Å². The summed E-state index contributed by atoms with van der Waals surface area (Å²) in [6.07, 6.45) is 9.88. The number of hydrogen-bond acceptors (Lipinski definition) is 1. The largest absolute Gasteiger partial charge is 0.327 e. The first kappa shape index (κ1) is 9.51. The third-order valence-electron chi connectivity index (χ3n) is 3.88. The molecule has 0 aliphatic heterocycles. The zero-order valence-corrected chi connectivity index (χ0v) is 8.84. The Balaban J connectivity index is 1.76. The highest BCUT2D eigenvalue weighted by Crippen LogP contribution is 2.38. The van der Waals surface area contributed by atoms with Crippen LogP contribution in [0.4, 0.5) is 0 Å². The first-order valence-electron chi connectivity index (χ1n) is 6.01. The predicted octanol–water partition coefficient (Wildman–Crippen LogP) is 2.94. The maximum atomic E-state index is 6.25. The molecule has 2 saturated carbocycles. The van der Waals surface area contributed by atoms with Crippen LogP contribution in [-0.2, 0) is 0 Å². The normalized spacial score (nSPS) is 37.4. The summed E-state index contributed by atoms with van der Waals surface area (Å²) in [5.74, 6) is 2.79. The lowest BCUT2D eigenvalue weighted by Crippen LogP contribution is -2.33. The lowest BCUT2D eigenvalue weighted by molar-refractivity contribution is 0.236. The summed E-state index contributed by atoms with van der Waals surface area (Å²) in [5.41, 5.74) is 6.25. The first-order valence-corrected chi connectivity index (χ1v) is 6.01. The minimum atomic E-state index is 0.523. The molecule has 3 atom stereocenters. The number of hydrogen-bond donors (Lipinski definition) is 1. The third-order valence-corrected chi connectivity index (χ3v) is 3.88. The van der Waals surface area contributed by atoms with Crippen LogP contribution in [0.3, 0.4) is 0 Å². The molecule has 0 bridgehead atoms. The fourth-order valence-corrected chi connectivity index (χ4v) is 2.80. The Bertz CT molecular complexity index is 163. The predicted molar refractivity (Wildman–Crippen MR) is 56.4 cm³/mol. The molecule has 76 valence electrons. The first-order chi connectivity index (χ1) is 6.25. The highest BCUT2D eigenvalue weighted by Gasteiger charge is 2.29. The Morgan fingerprint density at radius 1 is 1.23 bits per heavy atom. The van der Waals surface area contributed by atoms with Crippen molar-refractivity contribution in [3.63, 3.8) is 0 Å². The molecular formula is C12H23N. The molecule has 0 saturated heterocycles. The fraction of sp³-hybridized carbons (Fsp3) is 1.00. The molecule has 0 radical (unpaired) electrons. The average molecular weight is 181 g/mol. The SMILES string of the molecule is CC1CCCC(C(N)CC2CC2)C1. The van der Waals surface area contributed by atoms with E-state index >= 15 is 0 Å². The van der Waals surface area contributed by atoms with E-state index in [1.165, 1.54) is 44.9 Å². The second kappa shape index (κ2) is 4.00. The van der Waals surface area contributed by atoms with Gasteiger partial charge in [-0.15, -0.1) is 0 Å². The van der Waals surface area contributed by atoms with Gasteiger partial charge in [-0.3, -0.25) is 0 Å². The Labute approximate surface area is 82.1 Å². The molecule has 0 aromatic carbocycles. The molecule has 2 rings (SSSR count). The minimum absolute atomic E-state index is 0.523. The summed E-state index contributed by atoms with van der Waals surface area (Å²) in [7, 11) is 0. The summed E-state index contributed by atoms with van der Waals surface area (Å²) >= 11 is 0. The maximum Gasteiger partial charge on any atom is 0.00698 e. The number of rotatable bonds is 3. The van der Waals surface area contributed by atoms with Crippen LogP contribution in [0.15, 0.2) is 0 Å². The average Bonchev–Trinajstić information content (AvgIpc) is 2.88. The molecule has 2 N–H and O–H groups in total. The van der Waals surface area contributed by atoms with Gasteiger partial charge in [0, 0.05) is 6.04 Å². The fourth-order valence-electron chi connectivity index (χ4n) is 2.80. The molecule has 0 spiro atoms. The van der Waals surface area contributed by atoms with E-state index in [-0.39, 0.29) is 0 Å². The van der Waals surface area contributed by atoms with E-state index in [0.29, 0.717) is 6.04 Å². The van der Waals surface area contributed by atoms with Crippen LogP contribution < -0.4 is 5.73 Å². The van der Waals surface area contributed by atoms with Gasteiger partial charge in [0.2, 0.25) is 0 Å². The molecule has 2 aliphatic carbocycles. The van der Waals surface area contributed by atoms with Crippen molar-refractivity contribution in [2.24, 2.45) is 23.5 Å². The molecule has 13 heavy (non-hydrogen) atoms. The van der Waals surface area contributed by atoms with E-state index in [1.807, 2.05) is 0 Å². The second-order valence-electron chi connectivity index (χ2n) is 5.37. The highest BCUT2D eigenvalue weighted by molar-refractivity contribution is 4.84. The van der Waals surface area contributed by atoms with Crippen LogP contribution in [0.25, 0.3) is 0 Å². The maximum absolute atomic E-state index is 6.25. The quantitative estimate of drug-likeness (QED) is 0.711. The van der Waals surface area contributed by atoms with Crippen molar-refractivity contribution in [2.75, 3.05) is 0 Å². The van der Waals surface area contributed by atoms with Crippen LogP contribution in [0, 0.1) is 17.8 Å². The van der Waals surface area contributed by atoms with Crippen LogP contribution in [-0.4, -0.2) is 6.04 Å². The van der Waals surface area contributed by atoms with Gasteiger partial charge in [0.25, 0.3) is 0 Å². The van der Waals surface area contributed by atoms with E-state index in [2.05, 4.69) is 6.92 Å². The molecule has 0 amide bonds. The molecule has 2 aliphatic rings. The monoisotopic (exact) mass is 181 g/mol. The Morgan fingerprint density at radius 3 is 2.62 bits per heavy atom. The Kier molecular flexibility index (Phi) is 2.92. The van der Waals surface area contributed by atoms with Crippen molar-refractivity contribution in [3.8, 4) is 0 Å². The van der Waals surface area contributed by atoms with Gasteiger partial charge in [0.1, 0.15) is 0 Å². The topological polar surface area (TPSA) is 26.0 Å². The molecule has 0 aromatic rings. The summed E-state index contributed by atoms with van der Waals surface area (Å²) < 4.78 is 0. The van der Waals surface area contributed by atoms with Gasteiger partial charge in [-0.2, -0.15) is 0 Å². The van der Waals surface area contributed by atoms with Gasteiger partial charge >= 0.3 is 0 Å².